The lowest BCUT2D eigenvalue weighted by Crippen LogP contribution is -2.46. The molecule has 1 atom stereocenters. The number of carbonyl (C=O) groups excluding carboxylic acids is 3. The minimum atomic E-state index is -0.728. The first-order valence-electron chi connectivity index (χ1n) is 6.92. The highest BCUT2D eigenvalue weighted by Crippen LogP contribution is 2.34. The number of hydrogen-bond donors (Lipinski definition) is 2. The van der Waals surface area contributed by atoms with Gasteiger partial charge in [0.15, 0.2) is 0 Å². The van der Waals surface area contributed by atoms with Gasteiger partial charge in [0, 0.05) is 6.04 Å². The number of nitrogens with one attached hydrogen (secondary N) is 2. The maximum absolute atomic E-state index is 12.3. The van der Waals surface area contributed by atoms with E-state index in [1.54, 1.807) is 0 Å². The highest BCUT2D eigenvalue weighted by atomic mass is 16.2. The van der Waals surface area contributed by atoms with Crippen LogP contribution >= 0.6 is 0 Å². The van der Waals surface area contributed by atoms with E-state index in [2.05, 4.69) is 10.6 Å². The molecular formula is C13H21N3O3. The average molecular weight is 267 g/mol. The van der Waals surface area contributed by atoms with Crippen LogP contribution in [-0.2, 0) is 9.59 Å². The van der Waals surface area contributed by atoms with E-state index in [1.165, 1.54) is 0 Å². The summed E-state index contributed by atoms with van der Waals surface area (Å²) in [6.45, 7) is 3.67. The molecule has 2 N–H and O–H groups in total. The van der Waals surface area contributed by atoms with E-state index >= 15 is 0 Å². The standard InChI is InChI=1S/C13H21N3O3/c1-3-9(2)14-10(17)8-16-11(18)13(15-12(16)19)6-4-5-7-13/h9H,3-8H2,1-2H3,(H,14,17)(H,15,19). The molecule has 0 bridgehead atoms. The van der Waals surface area contributed by atoms with Crippen molar-refractivity contribution >= 4 is 17.8 Å². The number of carbonyl (C=O) groups is 3. The molecule has 1 saturated carbocycles. The largest absolute Gasteiger partial charge is 0.352 e. The van der Waals surface area contributed by atoms with Gasteiger partial charge in [0.1, 0.15) is 12.1 Å². The van der Waals surface area contributed by atoms with Crippen LogP contribution in [0.5, 0.6) is 0 Å². The van der Waals surface area contributed by atoms with Crippen LogP contribution in [0.1, 0.15) is 46.0 Å². The van der Waals surface area contributed by atoms with Crippen molar-refractivity contribution in [3.05, 3.63) is 0 Å². The summed E-state index contributed by atoms with van der Waals surface area (Å²) in [7, 11) is 0. The van der Waals surface area contributed by atoms with E-state index in [-0.39, 0.29) is 24.4 Å². The van der Waals surface area contributed by atoms with Crippen LogP contribution in [0.3, 0.4) is 0 Å². The van der Waals surface area contributed by atoms with Crippen molar-refractivity contribution in [1.82, 2.24) is 15.5 Å². The Kier molecular flexibility index (Phi) is 3.78. The van der Waals surface area contributed by atoms with E-state index < -0.39 is 11.6 Å². The normalized spacial score (nSPS) is 22.7. The maximum atomic E-state index is 12.3. The Bertz CT molecular complexity index is 402. The van der Waals surface area contributed by atoms with Crippen LogP contribution < -0.4 is 10.6 Å². The number of amides is 4. The SMILES string of the molecule is CCC(C)NC(=O)CN1C(=O)NC2(CCCC2)C1=O. The van der Waals surface area contributed by atoms with Crippen LogP contribution in [0, 0.1) is 0 Å². The molecule has 1 aliphatic carbocycles. The molecule has 1 aliphatic heterocycles. The van der Waals surface area contributed by atoms with Crippen LogP contribution in [-0.4, -0.2) is 40.9 Å². The molecule has 1 unspecified atom stereocenters. The quantitative estimate of drug-likeness (QED) is 0.738. The van der Waals surface area contributed by atoms with Crippen molar-refractivity contribution in [3.8, 4) is 0 Å². The van der Waals surface area contributed by atoms with Crippen molar-refractivity contribution in [2.45, 2.75) is 57.5 Å². The first-order chi connectivity index (χ1) is 8.98. The number of nitrogens with zero attached hydrogens (tertiary/aromatic N) is 1. The van der Waals surface area contributed by atoms with Gasteiger partial charge < -0.3 is 10.6 Å². The molecule has 0 aromatic rings. The van der Waals surface area contributed by atoms with Crippen LogP contribution in [0.4, 0.5) is 4.79 Å². The molecule has 0 aromatic carbocycles. The van der Waals surface area contributed by atoms with Gasteiger partial charge in [-0.25, -0.2) is 4.79 Å². The first-order valence-corrected chi connectivity index (χ1v) is 6.92. The van der Waals surface area contributed by atoms with Gasteiger partial charge in [-0.15, -0.1) is 0 Å². The monoisotopic (exact) mass is 267 g/mol. The predicted octanol–water partition coefficient (Wildman–Crippen LogP) is 0.766. The number of imide groups is 1. The molecule has 2 rings (SSSR count). The lowest BCUT2D eigenvalue weighted by Gasteiger charge is -2.20. The Morgan fingerprint density at radius 2 is 2.05 bits per heavy atom. The maximum Gasteiger partial charge on any atom is 0.325 e. The highest BCUT2D eigenvalue weighted by molar-refractivity contribution is 6.09. The molecular weight excluding hydrogens is 246 g/mol. The molecule has 106 valence electrons. The van der Waals surface area contributed by atoms with Gasteiger partial charge in [-0.05, 0) is 26.2 Å². The molecule has 1 spiro atoms. The number of hydrogen-bond acceptors (Lipinski definition) is 3. The summed E-state index contributed by atoms with van der Waals surface area (Å²) in [5, 5.41) is 5.52. The second-order valence-corrected chi connectivity index (χ2v) is 5.49. The third-order valence-corrected chi connectivity index (χ3v) is 4.02. The van der Waals surface area contributed by atoms with E-state index in [9.17, 15) is 14.4 Å². The second-order valence-electron chi connectivity index (χ2n) is 5.49. The van der Waals surface area contributed by atoms with Gasteiger partial charge in [-0.1, -0.05) is 19.8 Å². The molecule has 4 amide bonds. The van der Waals surface area contributed by atoms with Crippen molar-refractivity contribution in [1.29, 1.82) is 0 Å². The topological polar surface area (TPSA) is 78.5 Å². The zero-order valence-corrected chi connectivity index (χ0v) is 11.5. The molecule has 2 fully saturated rings. The minimum Gasteiger partial charge on any atom is -0.352 e. The lowest BCUT2D eigenvalue weighted by atomic mass is 9.98. The van der Waals surface area contributed by atoms with Gasteiger partial charge in [0.05, 0.1) is 0 Å². The number of urea groups is 1. The Morgan fingerprint density at radius 1 is 1.42 bits per heavy atom. The lowest BCUT2D eigenvalue weighted by molar-refractivity contribution is -0.135. The van der Waals surface area contributed by atoms with E-state index in [0.717, 1.165) is 24.2 Å². The molecule has 2 aliphatic rings. The van der Waals surface area contributed by atoms with Crippen LogP contribution in [0.25, 0.3) is 0 Å². The molecule has 6 heteroatoms. The summed E-state index contributed by atoms with van der Waals surface area (Å²) >= 11 is 0. The zero-order valence-electron chi connectivity index (χ0n) is 11.5. The Hall–Kier alpha value is -1.59. The van der Waals surface area contributed by atoms with Crippen LogP contribution in [0.15, 0.2) is 0 Å². The fraction of sp³-hybridized carbons (Fsp3) is 0.769. The van der Waals surface area contributed by atoms with Gasteiger partial charge in [0.2, 0.25) is 5.91 Å². The van der Waals surface area contributed by atoms with Crippen molar-refractivity contribution in [2.75, 3.05) is 6.54 Å². The van der Waals surface area contributed by atoms with Gasteiger partial charge in [-0.3, -0.25) is 14.5 Å². The Morgan fingerprint density at radius 3 is 2.63 bits per heavy atom. The summed E-state index contributed by atoms with van der Waals surface area (Å²) in [4.78, 5) is 37.0. The third kappa shape index (κ3) is 2.57. The highest BCUT2D eigenvalue weighted by Gasteiger charge is 2.52. The van der Waals surface area contributed by atoms with E-state index in [0.29, 0.717) is 12.8 Å². The summed E-state index contributed by atoms with van der Waals surface area (Å²) < 4.78 is 0. The Labute approximate surface area is 112 Å². The summed E-state index contributed by atoms with van der Waals surface area (Å²) in [5.41, 5.74) is -0.728. The first kappa shape index (κ1) is 13.8. The van der Waals surface area contributed by atoms with Crippen LogP contribution in [0.2, 0.25) is 0 Å². The van der Waals surface area contributed by atoms with Gasteiger partial charge >= 0.3 is 6.03 Å². The zero-order chi connectivity index (χ0) is 14.0. The summed E-state index contributed by atoms with van der Waals surface area (Å²) in [6.07, 6.45) is 4.07. The molecule has 1 heterocycles. The Balaban J connectivity index is 1.99. The van der Waals surface area contributed by atoms with Gasteiger partial charge in [0.25, 0.3) is 5.91 Å². The van der Waals surface area contributed by atoms with E-state index in [1.807, 2.05) is 13.8 Å². The second kappa shape index (κ2) is 5.19. The molecule has 6 nitrogen and oxygen atoms in total. The van der Waals surface area contributed by atoms with E-state index in [4.69, 9.17) is 0 Å². The average Bonchev–Trinajstić information content (AvgIpc) is 2.91. The smallest absolute Gasteiger partial charge is 0.325 e. The van der Waals surface area contributed by atoms with Crippen molar-refractivity contribution in [2.24, 2.45) is 0 Å². The van der Waals surface area contributed by atoms with Gasteiger partial charge in [-0.2, -0.15) is 0 Å². The number of rotatable bonds is 4. The van der Waals surface area contributed by atoms with Crippen molar-refractivity contribution in [3.63, 3.8) is 0 Å². The molecule has 19 heavy (non-hydrogen) atoms. The van der Waals surface area contributed by atoms with Crippen molar-refractivity contribution < 1.29 is 14.4 Å². The molecule has 0 radical (unpaired) electrons. The fourth-order valence-corrected chi connectivity index (χ4v) is 2.70. The summed E-state index contributed by atoms with van der Waals surface area (Å²) in [5.74, 6) is -0.526. The fourth-order valence-electron chi connectivity index (χ4n) is 2.70. The third-order valence-electron chi connectivity index (χ3n) is 4.02. The molecule has 1 saturated heterocycles. The molecule has 0 aromatic heterocycles. The summed E-state index contributed by atoms with van der Waals surface area (Å²) in [6, 6.07) is -0.389. The predicted molar refractivity (Wildman–Crippen MR) is 69.3 cm³/mol. The minimum absolute atomic E-state index is 0.0497.